The van der Waals surface area contributed by atoms with Crippen molar-refractivity contribution in [1.82, 2.24) is 14.8 Å². The second kappa shape index (κ2) is 6.13. The molecule has 0 amide bonds. The average Bonchev–Trinajstić information content (AvgIpc) is 2.80. The summed E-state index contributed by atoms with van der Waals surface area (Å²) in [4.78, 5) is 10.7. The van der Waals surface area contributed by atoms with Crippen LogP contribution < -0.4 is 0 Å². The van der Waals surface area contributed by atoms with Gasteiger partial charge in [-0.25, -0.2) is 4.39 Å². The van der Waals surface area contributed by atoms with E-state index in [9.17, 15) is 14.3 Å². The molecule has 2 rings (SSSR count). The highest BCUT2D eigenvalue weighted by atomic mass is 32.2. The van der Waals surface area contributed by atoms with E-state index in [1.807, 2.05) is 13.8 Å². The first-order valence-corrected chi connectivity index (χ1v) is 7.17. The normalized spacial score (nSPS) is 11.0. The van der Waals surface area contributed by atoms with Crippen molar-refractivity contribution in [2.75, 3.05) is 5.75 Å². The molecule has 1 aromatic heterocycles. The number of carbonyl (C=O) groups is 1. The molecule has 2 aromatic rings. The predicted molar refractivity (Wildman–Crippen MR) is 75.8 cm³/mol. The Labute approximate surface area is 124 Å². The number of hydrogen-bond acceptors (Lipinski definition) is 5. The van der Waals surface area contributed by atoms with Crippen LogP contribution in [0.15, 0.2) is 23.4 Å². The molecule has 8 heteroatoms. The lowest BCUT2D eigenvalue weighted by Crippen LogP contribution is -2.07. The topological polar surface area (TPSA) is 88.2 Å². The van der Waals surface area contributed by atoms with Crippen LogP contribution in [-0.4, -0.2) is 36.7 Å². The number of aromatic hydroxyl groups is 1. The Morgan fingerprint density at radius 2 is 2.14 bits per heavy atom. The maximum atomic E-state index is 14.0. The maximum absolute atomic E-state index is 14.0. The molecule has 0 atom stereocenters. The van der Waals surface area contributed by atoms with E-state index in [0.717, 1.165) is 17.8 Å². The van der Waals surface area contributed by atoms with Gasteiger partial charge in [0.2, 0.25) is 0 Å². The van der Waals surface area contributed by atoms with Crippen molar-refractivity contribution in [3.63, 3.8) is 0 Å². The van der Waals surface area contributed by atoms with E-state index in [2.05, 4.69) is 10.2 Å². The highest BCUT2D eigenvalue weighted by Crippen LogP contribution is 2.30. The van der Waals surface area contributed by atoms with Gasteiger partial charge in [-0.15, -0.1) is 10.2 Å². The summed E-state index contributed by atoms with van der Waals surface area (Å²) in [5.41, 5.74) is 0.205. The second-order valence-corrected chi connectivity index (χ2v) is 5.56. The van der Waals surface area contributed by atoms with E-state index in [4.69, 9.17) is 5.11 Å². The van der Waals surface area contributed by atoms with Gasteiger partial charge in [0.25, 0.3) is 0 Å². The molecule has 0 saturated heterocycles. The van der Waals surface area contributed by atoms with Crippen LogP contribution in [0.1, 0.15) is 19.9 Å². The van der Waals surface area contributed by atoms with Gasteiger partial charge >= 0.3 is 5.97 Å². The van der Waals surface area contributed by atoms with Crippen LogP contribution in [0.4, 0.5) is 4.39 Å². The van der Waals surface area contributed by atoms with Crippen molar-refractivity contribution in [1.29, 1.82) is 0 Å². The standard InChI is InChI=1S/C13H14FN3O3S/c1-7(2)17-12(9-4-3-8(18)5-10(9)14)15-16-13(17)21-6-11(19)20/h3-5,7,18H,6H2,1-2H3,(H,19,20). The summed E-state index contributed by atoms with van der Waals surface area (Å²) in [6, 6.07) is 3.71. The largest absolute Gasteiger partial charge is 0.508 e. The summed E-state index contributed by atoms with van der Waals surface area (Å²) in [6.45, 7) is 3.74. The third kappa shape index (κ3) is 3.33. The molecule has 2 N–H and O–H groups in total. The Hall–Kier alpha value is -2.09. The van der Waals surface area contributed by atoms with Gasteiger partial charge in [0.15, 0.2) is 11.0 Å². The van der Waals surface area contributed by atoms with Crippen LogP contribution >= 0.6 is 11.8 Å². The third-order valence-electron chi connectivity index (χ3n) is 2.70. The van der Waals surface area contributed by atoms with Crippen molar-refractivity contribution in [3.8, 4) is 17.1 Å². The van der Waals surface area contributed by atoms with Gasteiger partial charge in [0.05, 0.1) is 11.3 Å². The van der Waals surface area contributed by atoms with Crippen LogP contribution in [0.2, 0.25) is 0 Å². The van der Waals surface area contributed by atoms with Crippen molar-refractivity contribution >= 4 is 17.7 Å². The number of rotatable bonds is 5. The molecule has 0 bridgehead atoms. The number of aromatic nitrogens is 3. The van der Waals surface area contributed by atoms with Gasteiger partial charge in [-0.3, -0.25) is 9.36 Å². The fourth-order valence-corrected chi connectivity index (χ4v) is 2.62. The van der Waals surface area contributed by atoms with E-state index < -0.39 is 11.8 Å². The van der Waals surface area contributed by atoms with E-state index in [1.165, 1.54) is 12.1 Å². The summed E-state index contributed by atoms with van der Waals surface area (Å²) in [5, 5.41) is 26.3. The molecule has 0 radical (unpaired) electrons. The monoisotopic (exact) mass is 311 g/mol. The van der Waals surface area contributed by atoms with Gasteiger partial charge in [-0.1, -0.05) is 11.8 Å². The first-order valence-electron chi connectivity index (χ1n) is 6.18. The molecule has 0 unspecified atom stereocenters. The minimum Gasteiger partial charge on any atom is -0.508 e. The molecule has 0 fully saturated rings. The Morgan fingerprint density at radius 1 is 1.43 bits per heavy atom. The molecule has 1 aromatic carbocycles. The van der Waals surface area contributed by atoms with Gasteiger partial charge in [-0.05, 0) is 26.0 Å². The predicted octanol–water partition coefficient (Wildman–Crippen LogP) is 2.55. The zero-order valence-corrected chi connectivity index (χ0v) is 12.3. The Balaban J connectivity index is 2.46. The van der Waals surface area contributed by atoms with E-state index >= 15 is 0 Å². The molecule has 0 aliphatic heterocycles. The quantitative estimate of drug-likeness (QED) is 0.825. The van der Waals surface area contributed by atoms with Crippen molar-refractivity contribution < 1.29 is 19.4 Å². The van der Waals surface area contributed by atoms with Crippen LogP contribution in [-0.2, 0) is 4.79 Å². The molecular formula is C13H14FN3O3S. The molecule has 1 heterocycles. The number of aliphatic carboxylic acids is 1. The number of carboxylic acid groups (broad SMARTS) is 1. The summed E-state index contributed by atoms with van der Waals surface area (Å²) in [5.74, 6) is -1.60. The van der Waals surface area contributed by atoms with E-state index in [0.29, 0.717) is 11.0 Å². The van der Waals surface area contributed by atoms with Crippen LogP contribution in [0, 0.1) is 5.82 Å². The molecule has 0 aliphatic carbocycles. The van der Waals surface area contributed by atoms with Crippen molar-refractivity contribution in [2.24, 2.45) is 0 Å². The van der Waals surface area contributed by atoms with Gasteiger partial charge in [-0.2, -0.15) is 0 Å². The minimum absolute atomic E-state index is 0.0699. The second-order valence-electron chi connectivity index (χ2n) is 4.62. The molecule has 6 nitrogen and oxygen atoms in total. The number of benzene rings is 1. The first kappa shape index (κ1) is 15.3. The molecule has 112 valence electrons. The fraction of sp³-hybridized carbons (Fsp3) is 0.308. The van der Waals surface area contributed by atoms with E-state index in [-0.39, 0.29) is 23.1 Å². The molecular weight excluding hydrogens is 297 g/mol. The highest BCUT2D eigenvalue weighted by molar-refractivity contribution is 7.99. The molecule has 0 aliphatic rings. The summed E-state index contributed by atoms with van der Waals surface area (Å²) in [6.07, 6.45) is 0. The summed E-state index contributed by atoms with van der Waals surface area (Å²) >= 11 is 1.03. The van der Waals surface area contributed by atoms with Gasteiger partial charge in [0, 0.05) is 12.1 Å². The Kier molecular flexibility index (Phi) is 4.46. The van der Waals surface area contributed by atoms with Crippen LogP contribution in [0.5, 0.6) is 5.75 Å². The zero-order chi connectivity index (χ0) is 15.6. The number of hydrogen-bond donors (Lipinski definition) is 2. The zero-order valence-electron chi connectivity index (χ0n) is 11.4. The minimum atomic E-state index is -0.962. The van der Waals surface area contributed by atoms with Crippen molar-refractivity contribution in [3.05, 3.63) is 24.0 Å². The van der Waals surface area contributed by atoms with Crippen LogP contribution in [0.25, 0.3) is 11.4 Å². The maximum Gasteiger partial charge on any atom is 0.313 e. The summed E-state index contributed by atoms with van der Waals surface area (Å²) in [7, 11) is 0. The molecule has 21 heavy (non-hydrogen) atoms. The lowest BCUT2D eigenvalue weighted by molar-refractivity contribution is -0.133. The lowest BCUT2D eigenvalue weighted by atomic mass is 10.2. The van der Waals surface area contributed by atoms with Gasteiger partial charge < -0.3 is 10.2 Å². The third-order valence-corrected chi connectivity index (χ3v) is 3.63. The number of phenolic OH excluding ortho intramolecular Hbond substituents is 1. The van der Waals surface area contributed by atoms with Gasteiger partial charge in [0.1, 0.15) is 11.6 Å². The number of thioether (sulfide) groups is 1. The molecule has 0 spiro atoms. The summed E-state index contributed by atoms with van der Waals surface area (Å²) < 4.78 is 15.6. The Bertz CT molecular complexity index is 673. The number of phenols is 1. The van der Waals surface area contributed by atoms with E-state index in [1.54, 1.807) is 4.57 Å². The number of nitrogens with zero attached hydrogens (tertiary/aromatic N) is 3. The Morgan fingerprint density at radius 3 is 2.71 bits per heavy atom. The fourth-order valence-electron chi connectivity index (χ4n) is 1.84. The SMILES string of the molecule is CC(C)n1c(SCC(=O)O)nnc1-c1ccc(O)cc1F. The first-order chi connectivity index (χ1) is 9.90. The number of carboxylic acids is 1. The lowest BCUT2D eigenvalue weighted by Gasteiger charge is -2.13. The smallest absolute Gasteiger partial charge is 0.313 e. The van der Waals surface area contributed by atoms with Crippen molar-refractivity contribution in [2.45, 2.75) is 25.0 Å². The molecule has 0 saturated carbocycles. The number of halogens is 1. The van der Waals surface area contributed by atoms with Crippen LogP contribution in [0.3, 0.4) is 0 Å². The highest BCUT2D eigenvalue weighted by Gasteiger charge is 2.20. The average molecular weight is 311 g/mol.